The third kappa shape index (κ3) is 1.61. The summed E-state index contributed by atoms with van der Waals surface area (Å²) in [5, 5.41) is 9.09. The van der Waals surface area contributed by atoms with E-state index in [1.807, 2.05) is 0 Å². The molecule has 0 fully saturated rings. The van der Waals surface area contributed by atoms with Crippen LogP contribution < -0.4 is 9.47 Å². The summed E-state index contributed by atoms with van der Waals surface area (Å²) in [5.74, 6) is 1.56. The summed E-state index contributed by atoms with van der Waals surface area (Å²) in [6.45, 7) is 0. The number of hydrogen-bond acceptors (Lipinski definition) is 3. The number of benzene rings is 1. The summed E-state index contributed by atoms with van der Waals surface area (Å²) in [4.78, 5) is 0. The molecule has 0 spiro atoms. The van der Waals surface area contributed by atoms with Gasteiger partial charge in [-0.25, -0.2) is 0 Å². The van der Waals surface area contributed by atoms with Crippen LogP contribution in [0, 0.1) is 11.3 Å². The van der Waals surface area contributed by atoms with Gasteiger partial charge in [-0.05, 0) is 25.7 Å². The Bertz CT molecular complexity index is 446. The van der Waals surface area contributed by atoms with Crippen LogP contribution in [0.15, 0.2) is 6.07 Å². The SMILES string of the molecule is COc1cc(C#N)c(OC)c2c1CCCC2. The van der Waals surface area contributed by atoms with Crippen molar-refractivity contribution in [1.82, 2.24) is 0 Å². The number of hydrogen-bond donors (Lipinski definition) is 0. The van der Waals surface area contributed by atoms with E-state index < -0.39 is 0 Å². The molecule has 1 aromatic rings. The van der Waals surface area contributed by atoms with Gasteiger partial charge in [0.25, 0.3) is 0 Å². The van der Waals surface area contributed by atoms with Gasteiger partial charge in [0.15, 0.2) is 0 Å². The molecule has 84 valence electrons. The Labute approximate surface area is 95.6 Å². The lowest BCUT2D eigenvalue weighted by atomic mass is 9.88. The smallest absolute Gasteiger partial charge is 0.140 e. The molecule has 0 radical (unpaired) electrons. The number of nitrogens with zero attached hydrogens (tertiary/aromatic N) is 1. The Hall–Kier alpha value is -1.69. The normalized spacial score (nSPS) is 13.8. The molecule has 0 unspecified atom stereocenters. The van der Waals surface area contributed by atoms with E-state index in [0.29, 0.717) is 5.56 Å². The molecule has 3 heteroatoms. The summed E-state index contributed by atoms with van der Waals surface area (Å²) in [7, 11) is 3.27. The van der Waals surface area contributed by atoms with E-state index in [2.05, 4.69) is 6.07 Å². The Kier molecular flexibility index (Phi) is 3.00. The highest BCUT2D eigenvalue weighted by molar-refractivity contribution is 5.58. The number of methoxy groups -OCH3 is 2. The zero-order valence-corrected chi connectivity index (χ0v) is 9.67. The van der Waals surface area contributed by atoms with Crippen molar-refractivity contribution in [2.75, 3.05) is 14.2 Å². The summed E-state index contributed by atoms with van der Waals surface area (Å²) in [5.41, 5.74) is 2.94. The van der Waals surface area contributed by atoms with Gasteiger partial charge in [0.1, 0.15) is 17.6 Å². The Balaban J connectivity index is 2.66. The molecule has 0 aliphatic heterocycles. The van der Waals surface area contributed by atoms with Gasteiger partial charge in [-0.15, -0.1) is 0 Å². The maximum Gasteiger partial charge on any atom is 0.140 e. The lowest BCUT2D eigenvalue weighted by molar-refractivity contribution is 0.388. The fraction of sp³-hybridized carbons (Fsp3) is 0.462. The van der Waals surface area contributed by atoms with Crippen molar-refractivity contribution in [3.63, 3.8) is 0 Å². The van der Waals surface area contributed by atoms with Crippen LogP contribution in [0.3, 0.4) is 0 Å². The minimum Gasteiger partial charge on any atom is -0.496 e. The molecule has 0 bridgehead atoms. The number of fused-ring (bicyclic) bond motifs is 1. The molecule has 0 atom stereocenters. The molecule has 0 heterocycles. The number of nitriles is 1. The zero-order chi connectivity index (χ0) is 11.5. The predicted octanol–water partition coefficient (Wildman–Crippen LogP) is 2.45. The van der Waals surface area contributed by atoms with E-state index in [4.69, 9.17) is 14.7 Å². The summed E-state index contributed by atoms with van der Waals surface area (Å²) in [6, 6.07) is 3.95. The second-order valence-corrected chi connectivity index (χ2v) is 3.94. The minimum absolute atomic E-state index is 0.569. The molecule has 2 rings (SSSR count). The lowest BCUT2D eigenvalue weighted by Gasteiger charge is -2.22. The van der Waals surface area contributed by atoms with Gasteiger partial charge in [0, 0.05) is 17.2 Å². The zero-order valence-electron chi connectivity index (χ0n) is 9.67. The Morgan fingerprint density at radius 1 is 1.12 bits per heavy atom. The van der Waals surface area contributed by atoms with E-state index in [9.17, 15) is 0 Å². The first kappa shape index (κ1) is 10.8. The van der Waals surface area contributed by atoms with Gasteiger partial charge < -0.3 is 9.47 Å². The second-order valence-electron chi connectivity index (χ2n) is 3.94. The van der Waals surface area contributed by atoms with Crippen molar-refractivity contribution in [3.05, 3.63) is 22.8 Å². The molecule has 0 N–H and O–H groups in total. The third-order valence-corrected chi connectivity index (χ3v) is 3.10. The number of ether oxygens (including phenoxy) is 2. The van der Waals surface area contributed by atoms with E-state index in [-0.39, 0.29) is 0 Å². The van der Waals surface area contributed by atoms with Gasteiger partial charge >= 0.3 is 0 Å². The van der Waals surface area contributed by atoms with Crippen molar-refractivity contribution in [2.45, 2.75) is 25.7 Å². The first-order chi connectivity index (χ1) is 7.81. The van der Waals surface area contributed by atoms with Crippen molar-refractivity contribution < 1.29 is 9.47 Å². The van der Waals surface area contributed by atoms with Crippen molar-refractivity contribution in [3.8, 4) is 17.6 Å². The van der Waals surface area contributed by atoms with Crippen LogP contribution in [0.25, 0.3) is 0 Å². The fourth-order valence-electron chi connectivity index (χ4n) is 2.37. The van der Waals surface area contributed by atoms with E-state index in [0.717, 1.165) is 36.3 Å². The molecule has 1 aliphatic carbocycles. The molecular weight excluding hydrogens is 202 g/mol. The first-order valence-electron chi connectivity index (χ1n) is 5.48. The van der Waals surface area contributed by atoms with Crippen molar-refractivity contribution >= 4 is 0 Å². The average molecular weight is 217 g/mol. The molecule has 1 aliphatic rings. The molecule has 0 saturated carbocycles. The van der Waals surface area contributed by atoms with Crippen LogP contribution in [0.2, 0.25) is 0 Å². The highest BCUT2D eigenvalue weighted by atomic mass is 16.5. The van der Waals surface area contributed by atoms with Gasteiger partial charge in [-0.3, -0.25) is 0 Å². The Morgan fingerprint density at radius 2 is 1.81 bits per heavy atom. The van der Waals surface area contributed by atoms with Gasteiger partial charge in [0.05, 0.1) is 19.8 Å². The quantitative estimate of drug-likeness (QED) is 0.764. The van der Waals surface area contributed by atoms with Gasteiger partial charge in [-0.1, -0.05) is 0 Å². The molecular formula is C13H15NO2. The van der Waals surface area contributed by atoms with Crippen LogP contribution in [0.4, 0.5) is 0 Å². The molecule has 16 heavy (non-hydrogen) atoms. The molecule has 3 nitrogen and oxygen atoms in total. The summed E-state index contributed by atoms with van der Waals surface area (Å²) < 4.78 is 10.7. The Morgan fingerprint density at radius 3 is 2.38 bits per heavy atom. The summed E-state index contributed by atoms with van der Waals surface area (Å²) in [6.07, 6.45) is 4.32. The third-order valence-electron chi connectivity index (χ3n) is 3.10. The largest absolute Gasteiger partial charge is 0.496 e. The van der Waals surface area contributed by atoms with Crippen LogP contribution in [0.1, 0.15) is 29.5 Å². The molecule has 0 amide bonds. The maximum atomic E-state index is 9.09. The van der Waals surface area contributed by atoms with Crippen LogP contribution >= 0.6 is 0 Å². The van der Waals surface area contributed by atoms with Gasteiger partial charge in [-0.2, -0.15) is 5.26 Å². The fourth-order valence-corrected chi connectivity index (χ4v) is 2.37. The average Bonchev–Trinajstić information content (AvgIpc) is 2.36. The lowest BCUT2D eigenvalue weighted by Crippen LogP contribution is -2.08. The molecule has 0 aromatic heterocycles. The van der Waals surface area contributed by atoms with Crippen LogP contribution in [0.5, 0.6) is 11.5 Å². The van der Waals surface area contributed by atoms with Crippen molar-refractivity contribution in [2.24, 2.45) is 0 Å². The van der Waals surface area contributed by atoms with E-state index in [1.54, 1.807) is 20.3 Å². The minimum atomic E-state index is 0.569. The standard InChI is InChI=1S/C13H15NO2/c1-15-12-7-9(8-14)13(16-2)11-6-4-3-5-10(11)12/h7H,3-6H2,1-2H3. The van der Waals surface area contributed by atoms with Crippen LogP contribution in [-0.2, 0) is 12.8 Å². The predicted molar refractivity (Wildman–Crippen MR) is 60.9 cm³/mol. The monoisotopic (exact) mass is 217 g/mol. The molecule has 1 aromatic carbocycles. The van der Waals surface area contributed by atoms with E-state index in [1.165, 1.54) is 12.0 Å². The second kappa shape index (κ2) is 4.44. The van der Waals surface area contributed by atoms with Crippen molar-refractivity contribution in [1.29, 1.82) is 5.26 Å². The van der Waals surface area contributed by atoms with Gasteiger partial charge in [0.2, 0.25) is 0 Å². The number of rotatable bonds is 2. The summed E-state index contributed by atoms with van der Waals surface area (Å²) >= 11 is 0. The highest BCUT2D eigenvalue weighted by Crippen LogP contribution is 2.38. The maximum absolute atomic E-state index is 9.09. The molecule has 0 saturated heterocycles. The topological polar surface area (TPSA) is 42.2 Å². The van der Waals surface area contributed by atoms with E-state index >= 15 is 0 Å². The highest BCUT2D eigenvalue weighted by Gasteiger charge is 2.21. The first-order valence-corrected chi connectivity index (χ1v) is 5.48. The van der Waals surface area contributed by atoms with Crippen LogP contribution in [-0.4, -0.2) is 14.2 Å².